The van der Waals surface area contributed by atoms with E-state index >= 15 is 0 Å². The average Bonchev–Trinajstić information content (AvgIpc) is 2.81. The van der Waals surface area contributed by atoms with Crippen molar-refractivity contribution < 1.29 is 23.0 Å². The molecular weight excluding hydrogens is 717 g/mol. The van der Waals surface area contributed by atoms with Gasteiger partial charge in [-0.25, -0.2) is 13.2 Å². The quantitative estimate of drug-likeness (QED) is 0.0924. The van der Waals surface area contributed by atoms with E-state index in [-0.39, 0.29) is 41.7 Å². The average molecular weight is 729 g/mol. The molecule has 3 aromatic carbocycles. The molecule has 0 radical (unpaired) electrons. The Kier molecular flexibility index (Phi) is 10.1. The van der Waals surface area contributed by atoms with Crippen LogP contribution in [0.1, 0.15) is 0 Å². The van der Waals surface area contributed by atoms with E-state index in [0.29, 0.717) is 5.52 Å². The summed E-state index contributed by atoms with van der Waals surface area (Å²) < 4.78 is 38.7. The molecule has 4 aromatic rings. The summed E-state index contributed by atoms with van der Waals surface area (Å²) >= 11 is 8.60. The number of nitrogens with one attached hydrogen (secondary N) is 2. The van der Waals surface area contributed by atoms with Crippen molar-refractivity contribution in [2.45, 2.75) is 0 Å². The van der Waals surface area contributed by atoms with Gasteiger partial charge in [0.05, 0.1) is 34.3 Å². The highest BCUT2D eigenvalue weighted by molar-refractivity contribution is 9.11. The number of nitrogens with two attached hydrogens (primary N) is 2. The van der Waals surface area contributed by atoms with Gasteiger partial charge < -0.3 is 21.4 Å². The molecule has 0 unspecified atom stereocenters. The Morgan fingerprint density at radius 3 is 1.32 bits per heavy atom. The molecule has 0 fully saturated rings. The molecule has 4 rings (SSSR count). The number of hydrogen-bond acceptors (Lipinski definition) is 8. The Morgan fingerprint density at radius 2 is 0.947 bits per heavy atom. The Hall–Kier alpha value is -3.77. The second-order valence-corrected chi connectivity index (χ2v) is 9.45. The zero-order valence-electron chi connectivity index (χ0n) is 18.2. The van der Waals surface area contributed by atoms with Crippen LogP contribution in [0.15, 0.2) is 59.4 Å². The first-order valence-corrected chi connectivity index (χ1v) is 11.9. The third kappa shape index (κ3) is 7.62. The number of nitro groups is 2. The summed E-state index contributed by atoms with van der Waals surface area (Å²) in [7, 11) is 0. The monoisotopic (exact) mass is 726 g/mol. The highest BCUT2D eigenvalue weighted by Crippen LogP contribution is 2.29. The van der Waals surface area contributed by atoms with Crippen LogP contribution in [0.4, 0.5) is 35.9 Å². The van der Waals surface area contributed by atoms with Crippen LogP contribution in [0.2, 0.25) is 0 Å². The fourth-order valence-corrected chi connectivity index (χ4v) is 3.54. The molecule has 0 aliphatic rings. The van der Waals surface area contributed by atoms with Crippen molar-refractivity contribution in [1.29, 1.82) is 0 Å². The third-order valence-electron chi connectivity index (χ3n) is 4.30. The predicted molar refractivity (Wildman–Crippen MR) is 143 cm³/mol. The largest absolute Gasteiger partial charge is 0.393 e. The maximum atomic E-state index is 13.0. The van der Waals surface area contributed by atoms with E-state index in [0.717, 1.165) is 30.3 Å². The molecule has 0 amide bonds. The van der Waals surface area contributed by atoms with Gasteiger partial charge in [-0.2, -0.15) is 0 Å². The third-order valence-corrected chi connectivity index (χ3v) is 6.12. The van der Waals surface area contributed by atoms with Gasteiger partial charge in [0.15, 0.2) is 0 Å². The summed E-state index contributed by atoms with van der Waals surface area (Å²) in [5.74, 6) is -1.73. The first kappa shape index (κ1) is 30.5. The lowest BCUT2D eigenvalue weighted by molar-refractivity contribution is -0.384. The van der Waals surface area contributed by atoms with E-state index in [1.807, 2.05) is 0 Å². The minimum absolute atomic E-state index is 0.0309. The number of hydrogen-bond donors (Lipinski definition) is 4. The smallest absolute Gasteiger partial charge is 0.314 e. The van der Waals surface area contributed by atoms with Gasteiger partial charge in [0.25, 0.3) is 11.4 Å². The van der Waals surface area contributed by atoms with Crippen molar-refractivity contribution in [3.8, 4) is 0 Å². The molecule has 38 heavy (non-hydrogen) atoms. The van der Waals surface area contributed by atoms with Crippen molar-refractivity contribution >= 4 is 81.6 Å². The summed E-state index contributed by atoms with van der Waals surface area (Å²) in [6, 6.07) is 6.40. The Bertz CT molecular complexity index is 1560. The van der Waals surface area contributed by atoms with E-state index in [1.165, 1.54) is 6.07 Å². The second kappa shape index (κ2) is 12.7. The standard InChI is InChI=1S/C8H4BrFN2O2.2C6H4BrFN2O2/c9-3-1-5-6(2-4(3)10)12-8(14)7(13)11-5;2*7-3-1-6(10(11)12)5(9)2-4(3)8/h1-2H,(H,11,13)(H,12,14);2*1-2H,9H2. The maximum Gasteiger partial charge on any atom is 0.314 e. The molecular formula is C20H12Br3F3N6O6. The molecule has 0 aliphatic heterocycles. The van der Waals surface area contributed by atoms with Gasteiger partial charge in [0, 0.05) is 30.3 Å². The van der Waals surface area contributed by atoms with Gasteiger partial charge in [0.1, 0.15) is 28.8 Å². The number of H-pyrrole nitrogens is 2. The van der Waals surface area contributed by atoms with Crippen LogP contribution in [0.5, 0.6) is 0 Å². The van der Waals surface area contributed by atoms with Crippen LogP contribution in [-0.2, 0) is 0 Å². The van der Waals surface area contributed by atoms with Crippen molar-refractivity contribution in [1.82, 2.24) is 9.97 Å². The number of nitrogen functional groups attached to an aromatic ring is 2. The molecule has 0 atom stereocenters. The van der Waals surface area contributed by atoms with E-state index < -0.39 is 38.4 Å². The molecule has 200 valence electrons. The van der Waals surface area contributed by atoms with Crippen LogP contribution >= 0.6 is 47.8 Å². The normalized spacial score (nSPS) is 10.2. The highest BCUT2D eigenvalue weighted by Gasteiger charge is 2.15. The van der Waals surface area contributed by atoms with Crippen LogP contribution in [-0.4, -0.2) is 19.8 Å². The fourth-order valence-electron chi connectivity index (χ4n) is 2.53. The number of rotatable bonds is 2. The number of benzene rings is 3. The SMILES string of the molecule is Nc1cc(F)c(Br)cc1[N+](=O)[O-].Nc1cc(F)c(Br)cc1[N+](=O)[O-].O=c1[nH]c2cc(F)c(Br)cc2[nH]c1=O. The van der Waals surface area contributed by atoms with E-state index in [2.05, 4.69) is 57.8 Å². The number of fused-ring (bicyclic) bond motifs is 1. The summed E-state index contributed by atoms with van der Waals surface area (Å²) in [5, 5.41) is 20.5. The van der Waals surface area contributed by atoms with Crippen molar-refractivity contribution in [3.63, 3.8) is 0 Å². The van der Waals surface area contributed by atoms with Crippen molar-refractivity contribution in [3.05, 3.63) is 108 Å². The zero-order valence-corrected chi connectivity index (χ0v) is 23.0. The first-order valence-electron chi connectivity index (χ1n) is 9.51. The van der Waals surface area contributed by atoms with Gasteiger partial charge in [-0.1, -0.05) is 0 Å². The van der Waals surface area contributed by atoms with Gasteiger partial charge >= 0.3 is 11.1 Å². The number of anilines is 2. The summed E-state index contributed by atoms with van der Waals surface area (Å²) in [4.78, 5) is 45.6. The molecule has 6 N–H and O–H groups in total. The minimum atomic E-state index is -0.792. The fraction of sp³-hybridized carbons (Fsp3) is 0. The number of halogens is 6. The second-order valence-electron chi connectivity index (χ2n) is 6.88. The van der Waals surface area contributed by atoms with Crippen LogP contribution in [0, 0.1) is 37.7 Å². The lowest BCUT2D eigenvalue weighted by Crippen LogP contribution is -2.28. The Morgan fingerprint density at radius 1 is 0.632 bits per heavy atom. The number of nitrogens with zero attached hydrogens (tertiary/aromatic N) is 2. The minimum Gasteiger partial charge on any atom is -0.393 e. The van der Waals surface area contributed by atoms with Gasteiger partial charge in [-0.15, -0.1) is 0 Å². The Balaban J connectivity index is 0.000000201. The van der Waals surface area contributed by atoms with Gasteiger partial charge in [-0.05, 0) is 53.9 Å². The molecule has 18 heteroatoms. The van der Waals surface area contributed by atoms with Crippen LogP contribution in [0.3, 0.4) is 0 Å². The Labute approximate surface area is 233 Å². The first-order chi connectivity index (χ1) is 17.6. The molecule has 0 saturated heterocycles. The molecule has 0 aliphatic carbocycles. The topological polar surface area (TPSA) is 204 Å². The highest BCUT2D eigenvalue weighted by atomic mass is 79.9. The lowest BCUT2D eigenvalue weighted by atomic mass is 10.3. The summed E-state index contributed by atoms with van der Waals surface area (Å²) in [5.41, 5.74) is 8.50. The predicted octanol–water partition coefficient (Wildman–Crippen LogP) is 5.28. The maximum absolute atomic E-state index is 13.0. The molecule has 0 bridgehead atoms. The molecule has 12 nitrogen and oxygen atoms in total. The number of aromatic amines is 2. The molecule has 1 aromatic heterocycles. The van der Waals surface area contributed by atoms with E-state index in [4.69, 9.17) is 11.5 Å². The van der Waals surface area contributed by atoms with E-state index in [1.54, 1.807) is 0 Å². The van der Waals surface area contributed by atoms with E-state index in [9.17, 15) is 43.0 Å². The lowest BCUT2D eigenvalue weighted by Gasteiger charge is -1.98. The summed E-state index contributed by atoms with van der Waals surface area (Å²) in [6.07, 6.45) is 0. The number of aromatic nitrogens is 2. The van der Waals surface area contributed by atoms with Crippen molar-refractivity contribution in [2.24, 2.45) is 0 Å². The van der Waals surface area contributed by atoms with Crippen molar-refractivity contribution in [2.75, 3.05) is 11.5 Å². The zero-order chi connectivity index (χ0) is 28.9. The van der Waals surface area contributed by atoms with Gasteiger partial charge in [0.2, 0.25) is 0 Å². The molecule has 0 saturated carbocycles. The van der Waals surface area contributed by atoms with Crippen LogP contribution in [0.25, 0.3) is 11.0 Å². The van der Waals surface area contributed by atoms with Crippen LogP contribution < -0.4 is 22.6 Å². The molecule has 0 spiro atoms. The van der Waals surface area contributed by atoms with Gasteiger partial charge in [-0.3, -0.25) is 29.8 Å². The number of nitro benzene ring substituents is 2. The summed E-state index contributed by atoms with van der Waals surface area (Å²) in [6.45, 7) is 0. The molecule has 1 heterocycles.